The highest BCUT2D eigenvalue weighted by molar-refractivity contribution is 6.96. The van der Waals surface area contributed by atoms with Gasteiger partial charge in [0.05, 0.1) is 17.1 Å². The molecule has 9 rings (SSSR count). The van der Waals surface area contributed by atoms with E-state index in [1.807, 2.05) is 0 Å². The van der Waals surface area contributed by atoms with Crippen LogP contribution in [0.15, 0.2) is 187 Å². The summed E-state index contributed by atoms with van der Waals surface area (Å²) in [6.07, 6.45) is 0. The van der Waals surface area contributed by atoms with Crippen LogP contribution in [0.5, 0.6) is 0 Å². The summed E-state index contributed by atoms with van der Waals surface area (Å²) in [7, 11) is 2.14. The van der Waals surface area contributed by atoms with Gasteiger partial charge in [-0.25, -0.2) is 9.99 Å². The van der Waals surface area contributed by atoms with E-state index in [1.54, 1.807) is 0 Å². The summed E-state index contributed by atoms with van der Waals surface area (Å²) in [6.45, 7) is 7.26. The smallest absolute Gasteiger partial charge is 0.242 e. The molecule has 8 aromatic rings. The van der Waals surface area contributed by atoms with Crippen LogP contribution in [-0.2, 0) is 7.05 Å². The molecule has 0 saturated carbocycles. The molecule has 1 aliphatic rings. The Kier molecular flexibility index (Phi) is 9.61. The maximum atomic E-state index is 5.39. The number of hydrogen-bond acceptors (Lipinski definition) is 4. The number of hydrazone groups is 1. The molecule has 1 aromatic heterocycles. The second kappa shape index (κ2) is 15.3. The summed E-state index contributed by atoms with van der Waals surface area (Å²) < 4.78 is 2.25. The van der Waals surface area contributed by atoms with E-state index in [0.717, 1.165) is 56.7 Å². The highest BCUT2D eigenvalue weighted by atomic mass is 15.6. The fourth-order valence-electron chi connectivity index (χ4n) is 8.53. The number of rotatable bonds is 9. The van der Waals surface area contributed by atoms with Crippen molar-refractivity contribution in [1.82, 2.24) is 9.55 Å². The van der Waals surface area contributed by atoms with Crippen molar-refractivity contribution in [3.8, 4) is 33.9 Å². The lowest BCUT2D eigenvalue weighted by atomic mass is 9.35. The minimum absolute atomic E-state index is 0.0293. The first kappa shape index (κ1) is 35.8. The third-order valence-electron chi connectivity index (χ3n) is 11.0. The van der Waals surface area contributed by atoms with E-state index in [2.05, 4.69) is 224 Å². The number of anilines is 2. The van der Waals surface area contributed by atoms with Gasteiger partial charge in [0.1, 0.15) is 12.5 Å². The van der Waals surface area contributed by atoms with Gasteiger partial charge in [-0.15, -0.1) is 0 Å². The van der Waals surface area contributed by atoms with Crippen molar-refractivity contribution in [1.29, 1.82) is 0 Å². The number of para-hydroxylation sites is 1. The SMILES string of the molecule is Cc1cc(C)c(B(c2cccc(-c3nc(-c4ccccc4)c(-c4ccccc4)n3C)c2)c2cccc(N3CN(c4ccccc4)C(c4ccccc4)=N3)c2)c(C)c1. The molecule has 57 heavy (non-hydrogen) atoms. The topological polar surface area (TPSA) is 36.7 Å². The van der Waals surface area contributed by atoms with Gasteiger partial charge in [0, 0.05) is 35.0 Å². The average Bonchev–Trinajstić information content (AvgIpc) is 3.86. The average molecular weight is 738 g/mol. The first-order valence-corrected chi connectivity index (χ1v) is 19.6. The van der Waals surface area contributed by atoms with E-state index in [9.17, 15) is 0 Å². The second-order valence-corrected chi connectivity index (χ2v) is 15.0. The predicted octanol–water partition coefficient (Wildman–Crippen LogP) is 9.51. The highest BCUT2D eigenvalue weighted by Gasteiger charge is 2.30. The van der Waals surface area contributed by atoms with Crippen molar-refractivity contribution >= 4 is 40.3 Å². The molecule has 0 unspecified atom stereocenters. The molecule has 0 bridgehead atoms. The van der Waals surface area contributed by atoms with Crippen LogP contribution in [0, 0.1) is 20.8 Å². The largest absolute Gasteiger partial charge is 0.327 e. The van der Waals surface area contributed by atoms with Crippen molar-refractivity contribution in [3.63, 3.8) is 0 Å². The number of amidine groups is 1. The molecular weight excluding hydrogens is 693 g/mol. The molecule has 2 heterocycles. The zero-order valence-corrected chi connectivity index (χ0v) is 32.8. The van der Waals surface area contributed by atoms with Crippen molar-refractivity contribution in [2.45, 2.75) is 20.8 Å². The number of aryl methyl sites for hydroxylation is 3. The number of hydrogen-bond donors (Lipinski definition) is 0. The molecule has 0 spiro atoms. The van der Waals surface area contributed by atoms with Crippen LogP contribution in [-0.4, -0.2) is 28.8 Å². The van der Waals surface area contributed by atoms with Gasteiger partial charge in [-0.2, -0.15) is 5.10 Å². The zero-order valence-electron chi connectivity index (χ0n) is 32.8. The van der Waals surface area contributed by atoms with Gasteiger partial charge in [0.15, 0.2) is 5.84 Å². The minimum atomic E-state index is -0.0293. The lowest BCUT2D eigenvalue weighted by Gasteiger charge is -2.24. The Bertz CT molecular complexity index is 2680. The van der Waals surface area contributed by atoms with E-state index in [-0.39, 0.29) is 6.71 Å². The molecule has 0 radical (unpaired) electrons. The molecule has 0 N–H and O–H groups in total. The molecule has 276 valence electrons. The van der Waals surface area contributed by atoms with Crippen molar-refractivity contribution in [2.75, 3.05) is 16.6 Å². The summed E-state index contributed by atoms with van der Waals surface area (Å²) in [5, 5.41) is 7.40. The Labute approximate surface area is 336 Å². The van der Waals surface area contributed by atoms with Crippen molar-refractivity contribution in [3.05, 3.63) is 204 Å². The fraction of sp³-hybridized carbons (Fsp3) is 0.0980. The molecule has 1 aliphatic heterocycles. The molecular formula is C51H44BN5. The Balaban J connectivity index is 1.17. The molecule has 0 aliphatic carbocycles. The Morgan fingerprint density at radius 1 is 0.509 bits per heavy atom. The summed E-state index contributed by atoms with van der Waals surface area (Å²) in [5.41, 5.74) is 16.2. The van der Waals surface area contributed by atoms with Gasteiger partial charge in [-0.05, 0) is 45.0 Å². The fourth-order valence-corrected chi connectivity index (χ4v) is 8.53. The molecule has 6 heteroatoms. The monoisotopic (exact) mass is 737 g/mol. The minimum Gasteiger partial charge on any atom is -0.327 e. The quantitative estimate of drug-likeness (QED) is 0.139. The molecule has 0 saturated heterocycles. The Hall–Kier alpha value is -6.92. The lowest BCUT2D eigenvalue weighted by molar-refractivity contribution is 0.913. The third kappa shape index (κ3) is 6.96. The van der Waals surface area contributed by atoms with Crippen molar-refractivity contribution in [2.24, 2.45) is 12.1 Å². The van der Waals surface area contributed by atoms with Gasteiger partial charge >= 0.3 is 0 Å². The molecule has 7 aromatic carbocycles. The zero-order chi connectivity index (χ0) is 38.9. The standard InChI is InChI=1S/C51H44BN5/c1-36-31-37(2)47(38(3)32-36)52(44-27-18-30-46(34-44)57-35-56(45-28-15-8-16-29-45)51(54-57)41-23-13-7-14-24-41)43-26-17-25-42(33-43)50-53-48(39-19-9-5-10-20-39)49(55(50)4)40-21-11-6-12-22-40/h5-34H,35H2,1-4H3. The molecule has 0 fully saturated rings. The van der Waals surface area contributed by atoms with Gasteiger partial charge in [-0.1, -0.05) is 191 Å². The summed E-state index contributed by atoms with van der Waals surface area (Å²) in [4.78, 5) is 7.68. The van der Waals surface area contributed by atoms with Crippen LogP contribution in [0.2, 0.25) is 0 Å². The van der Waals surface area contributed by atoms with E-state index < -0.39 is 0 Å². The molecule has 0 amide bonds. The van der Waals surface area contributed by atoms with E-state index in [4.69, 9.17) is 10.1 Å². The number of imidazole rings is 1. The van der Waals surface area contributed by atoms with E-state index in [0.29, 0.717) is 6.67 Å². The lowest BCUT2D eigenvalue weighted by Crippen LogP contribution is -2.54. The first-order valence-electron chi connectivity index (χ1n) is 19.6. The van der Waals surface area contributed by atoms with Gasteiger partial charge in [0.2, 0.25) is 6.71 Å². The first-order chi connectivity index (χ1) is 27.9. The predicted molar refractivity (Wildman–Crippen MR) is 241 cm³/mol. The maximum absolute atomic E-state index is 5.39. The Morgan fingerprint density at radius 3 is 1.68 bits per heavy atom. The summed E-state index contributed by atoms with van der Waals surface area (Å²) in [5.74, 6) is 1.86. The van der Waals surface area contributed by atoms with Crippen LogP contribution >= 0.6 is 0 Å². The molecule has 5 nitrogen and oxygen atoms in total. The van der Waals surface area contributed by atoms with Crippen LogP contribution in [0.3, 0.4) is 0 Å². The Morgan fingerprint density at radius 2 is 1.04 bits per heavy atom. The van der Waals surface area contributed by atoms with Crippen molar-refractivity contribution < 1.29 is 0 Å². The number of aromatic nitrogens is 2. The van der Waals surface area contributed by atoms with Gasteiger partial charge in [-0.3, -0.25) is 0 Å². The van der Waals surface area contributed by atoms with Crippen LogP contribution in [0.25, 0.3) is 33.9 Å². The van der Waals surface area contributed by atoms with Gasteiger partial charge in [0.25, 0.3) is 0 Å². The normalized spacial score (nSPS) is 12.5. The second-order valence-electron chi connectivity index (χ2n) is 15.0. The number of nitrogens with zero attached hydrogens (tertiary/aromatic N) is 5. The highest BCUT2D eigenvalue weighted by Crippen LogP contribution is 2.35. The van der Waals surface area contributed by atoms with Crippen LogP contribution < -0.4 is 26.3 Å². The molecule has 0 atom stereocenters. The summed E-state index contributed by atoms with van der Waals surface area (Å²) >= 11 is 0. The van der Waals surface area contributed by atoms with Crippen LogP contribution in [0.4, 0.5) is 11.4 Å². The number of benzene rings is 7. The van der Waals surface area contributed by atoms with E-state index in [1.165, 1.54) is 33.1 Å². The van der Waals surface area contributed by atoms with Gasteiger partial charge < -0.3 is 9.47 Å². The van der Waals surface area contributed by atoms with Crippen LogP contribution in [0.1, 0.15) is 22.3 Å². The summed E-state index contributed by atoms with van der Waals surface area (Å²) in [6, 6.07) is 64.7. The third-order valence-corrected chi connectivity index (χ3v) is 11.0. The maximum Gasteiger partial charge on any atom is 0.242 e. The van der Waals surface area contributed by atoms with E-state index >= 15 is 0 Å².